The first-order valence-electron chi connectivity index (χ1n) is 12.5. The number of phenols is 1. The lowest BCUT2D eigenvalue weighted by Crippen LogP contribution is -2.30. The molecule has 5 rings (SSSR count). The summed E-state index contributed by atoms with van der Waals surface area (Å²) in [7, 11) is 0. The van der Waals surface area contributed by atoms with Gasteiger partial charge in [-0.25, -0.2) is 4.98 Å². The van der Waals surface area contributed by atoms with Crippen molar-refractivity contribution >= 4 is 33.3 Å². The largest absolute Gasteiger partial charge is 0.507 e. The van der Waals surface area contributed by atoms with Crippen LogP contribution in [-0.2, 0) is 17.9 Å². The van der Waals surface area contributed by atoms with Crippen molar-refractivity contribution < 1.29 is 9.90 Å². The first kappa shape index (κ1) is 24.3. The van der Waals surface area contributed by atoms with Gasteiger partial charge in [0.25, 0.3) is 0 Å². The van der Waals surface area contributed by atoms with Crippen molar-refractivity contribution in [3.05, 3.63) is 76.4 Å². The van der Waals surface area contributed by atoms with Gasteiger partial charge in [0.15, 0.2) is 5.65 Å². The third kappa shape index (κ3) is 5.54. The molecule has 7 nitrogen and oxygen atoms in total. The van der Waals surface area contributed by atoms with Gasteiger partial charge in [-0.2, -0.15) is 9.61 Å². The molecule has 4 aromatic rings. The van der Waals surface area contributed by atoms with Crippen molar-refractivity contribution in [2.24, 2.45) is 5.92 Å². The molecule has 3 N–H and O–H groups in total. The Morgan fingerprint density at radius 1 is 1.00 bits per heavy atom. The minimum atomic E-state index is 0.165. The zero-order valence-electron chi connectivity index (χ0n) is 20.1. The van der Waals surface area contributed by atoms with Crippen LogP contribution in [0.5, 0.6) is 5.75 Å². The van der Waals surface area contributed by atoms with Crippen LogP contribution < -0.4 is 10.6 Å². The number of aromatic hydroxyl groups is 1. The number of rotatable bonds is 7. The van der Waals surface area contributed by atoms with Crippen LogP contribution in [0, 0.1) is 5.92 Å². The van der Waals surface area contributed by atoms with Crippen LogP contribution >= 0.6 is 15.9 Å². The minimum Gasteiger partial charge on any atom is -0.507 e. The van der Waals surface area contributed by atoms with Crippen LogP contribution in [0.1, 0.15) is 49.7 Å². The molecule has 0 radical (unpaired) electrons. The lowest BCUT2D eigenvalue weighted by atomic mass is 9.99. The second-order valence-corrected chi connectivity index (χ2v) is 10.2. The Balaban J connectivity index is 1.25. The lowest BCUT2D eigenvalue weighted by Gasteiger charge is -2.14. The van der Waals surface area contributed by atoms with Crippen molar-refractivity contribution in [1.82, 2.24) is 19.9 Å². The topological polar surface area (TPSA) is 91.5 Å². The van der Waals surface area contributed by atoms with Gasteiger partial charge in [0.1, 0.15) is 11.6 Å². The fraction of sp³-hybridized carbons (Fsp3) is 0.321. The number of hydrogen-bond donors (Lipinski definition) is 3. The molecule has 1 fully saturated rings. The van der Waals surface area contributed by atoms with Crippen LogP contribution in [0.15, 0.2) is 65.3 Å². The number of phenolic OH excluding ortho intramolecular Hbond substituents is 1. The van der Waals surface area contributed by atoms with Gasteiger partial charge in [0.2, 0.25) is 5.91 Å². The number of fused-ring (bicyclic) bond motifs is 1. The highest BCUT2D eigenvalue weighted by molar-refractivity contribution is 9.10. The maximum atomic E-state index is 12.6. The Labute approximate surface area is 219 Å². The second kappa shape index (κ2) is 11.1. The number of aromatic nitrogens is 3. The van der Waals surface area contributed by atoms with Crippen LogP contribution in [0.2, 0.25) is 0 Å². The predicted octanol–water partition coefficient (Wildman–Crippen LogP) is 6.06. The van der Waals surface area contributed by atoms with E-state index in [0.717, 1.165) is 47.1 Å². The molecule has 0 aliphatic heterocycles. The van der Waals surface area contributed by atoms with Crippen molar-refractivity contribution in [3.8, 4) is 17.0 Å². The quantitative estimate of drug-likeness (QED) is 0.244. The zero-order chi connectivity index (χ0) is 24.9. The number of hydrogen-bond acceptors (Lipinski definition) is 5. The second-order valence-electron chi connectivity index (χ2n) is 9.35. The van der Waals surface area contributed by atoms with E-state index in [0.29, 0.717) is 30.0 Å². The number of para-hydroxylation sites is 1. The summed E-state index contributed by atoms with van der Waals surface area (Å²) in [4.78, 5) is 17.2. The molecular weight excluding hydrogens is 518 g/mol. The molecule has 186 valence electrons. The molecular formula is C28H30BrN5O2. The highest BCUT2D eigenvalue weighted by Gasteiger charge is 2.19. The highest BCUT2D eigenvalue weighted by atomic mass is 79.9. The first-order chi connectivity index (χ1) is 17.6. The van der Waals surface area contributed by atoms with Gasteiger partial charge in [0.05, 0.1) is 16.4 Å². The Bertz CT molecular complexity index is 1340. The average molecular weight is 548 g/mol. The normalized spacial score (nSPS) is 14.5. The first-order valence-corrected chi connectivity index (χ1v) is 13.3. The molecule has 1 saturated carbocycles. The standard InChI is InChI=1S/C28H30BrN5O2/c29-23-18-32-34-26(15-24(33-27(23)34)22-9-5-6-10-25(22)35)30-16-19-11-13-20(14-12-19)17-31-28(36)21-7-3-1-2-4-8-21/h5-6,9-15,18,21,30,35H,1-4,7-8,16-17H2,(H,31,36). The van der Waals surface area contributed by atoms with E-state index >= 15 is 0 Å². The van der Waals surface area contributed by atoms with E-state index < -0.39 is 0 Å². The maximum absolute atomic E-state index is 12.6. The number of anilines is 1. The number of amides is 1. The summed E-state index contributed by atoms with van der Waals surface area (Å²) in [5, 5.41) is 21.3. The molecule has 1 aliphatic carbocycles. The summed E-state index contributed by atoms with van der Waals surface area (Å²) < 4.78 is 2.52. The van der Waals surface area contributed by atoms with Crippen LogP contribution in [0.3, 0.4) is 0 Å². The van der Waals surface area contributed by atoms with Gasteiger partial charge in [-0.05, 0) is 52.0 Å². The van der Waals surface area contributed by atoms with Gasteiger partial charge in [-0.3, -0.25) is 4.79 Å². The number of nitrogens with zero attached hydrogens (tertiary/aromatic N) is 3. The monoisotopic (exact) mass is 547 g/mol. The van der Waals surface area contributed by atoms with Crippen LogP contribution in [-0.4, -0.2) is 25.6 Å². The third-order valence-electron chi connectivity index (χ3n) is 6.80. The van der Waals surface area contributed by atoms with Gasteiger partial charge < -0.3 is 15.7 Å². The van der Waals surface area contributed by atoms with Crippen LogP contribution in [0.25, 0.3) is 16.9 Å². The van der Waals surface area contributed by atoms with Gasteiger partial charge >= 0.3 is 0 Å². The fourth-order valence-electron chi connectivity index (χ4n) is 4.73. The molecule has 1 aliphatic rings. The number of benzene rings is 2. The Morgan fingerprint density at radius 3 is 2.42 bits per heavy atom. The summed E-state index contributed by atoms with van der Waals surface area (Å²) in [5.41, 5.74) is 4.17. The summed E-state index contributed by atoms with van der Waals surface area (Å²) in [6, 6.07) is 17.3. The predicted molar refractivity (Wildman–Crippen MR) is 145 cm³/mol. The smallest absolute Gasteiger partial charge is 0.223 e. The van der Waals surface area contributed by atoms with E-state index in [1.165, 1.54) is 12.8 Å². The average Bonchev–Trinajstić information content (AvgIpc) is 3.09. The molecule has 0 unspecified atom stereocenters. The summed E-state index contributed by atoms with van der Waals surface area (Å²) in [6.45, 7) is 1.14. The Hall–Kier alpha value is -3.39. The number of nitrogens with one attached hydrogen (secondary N) is 2. The molecule has 2 heterocycles. The van der Waals surface area contributed by atoms with Gasteiger partial charge in [-0.1, -0.05) is 62.1 Å². The summed E-state index contributed by atoms with van der Waals surface area (Å²) >= 11 is 3.52. The minimum absolute atomic E-state index is 0.165. The highest BCUT2D eigenvalue weighted by Crippen LogP contribution is 2.31. The molecule has 0 atom stereocenters. The maximum Gasteiger partial charge on any atom is 0.223 e. The van der Waals surface area contributed by atoms with Gasteiger partial charge in [0, 0.05) is 30.6 Å². The van der Waals surface area contributed by atoms with E-state index in [4.69, 9.17) is 0 Å². The Kier molecular flexibility index (Phi) is 7.51. The van der Waals surface area contributed by atoms with Crippen molar-refractivity contribution in [3.63, 3.8) is 0 Å². The van der Waals surface area contributed by atoms with Crippen molar-refractivity contribution in [2.75, 3.05) is 5.32 Å². The van der Waals surface area contributed by atoms with E-state index in [-0.39, 0.29) is 17.6 Å². The molecule has 0 saturated heterocycles. The molecule has 1 amide bonds. The molecule has 36 heavy (non-hydrogen) atoms. The van der Waals surface area contributed by atoms with Crippen molar-refractivity contribution in [2.45, 2.75) is 51.6 Å². The molecule has 0 spiro atoms. The van der Waals surface area contributed by atoms with Crippen LogP contribution in [0.4, 0.5) is 5.82 Å². The van der Waals surface area contributed by atoms with Gasteiger partial charge in [-0.15, -0.1) is 0 Å². The number of carbonyl (C=O) groups is 1. The van der Waals surface area contributed by atoms with E-state index in [1.807, 2.05) is 18.2 Å². The lowest BCUT2D eigenvalue weighted by molar-refractivity contribution is -0.125. The Morgan fingerprint density at radius 2 is 1.69 bits per heavy atom. The van der Waals surface area contributed by atoms with E-state index in [2.05, 4.69) is 60.9 Å². The number of carbonyl (C=O) groups excluding carboxylic acids is 1. The SMILES string of the molecule is O=C(NCc1ccc(CNc2cc(-c3ccccc3O)nc3c(Br)cnn23)cc1)C1CCCCCC1. The summed E-state index contributed by atoms with van der Waals surface area (Å²) in [5.74, 6) is 1.30. The molecule has 2 aromatic carbocycles. The molecule has 2 aromatic heterocycles. The zero-order valence-corrected chi connectivity index (χ0v) is 21.7. The van der Waals surface area contributed by atoms with E-state index in [1.54, 1.807) is 22.8 Å². The molecule has 0 bridgehead atoms. The third-order valence-corrected chi connectivity index (χ3v) is 7.36. The summed E-state index contributed by atoms with van der Waals surface area (Å²) in [6.07, 6.45) is 8.55. The number of halogens is 1. The van der Waals surface area contributed by atoms with E-state index in [9.17, 15) is 9.90 Å². The fourth-order valence-corrected chi connectivity index (χ4v) is 5.08. The van der Waals surface area contributed by atoms with Crippen molar-refractivity contribution in [1.29, 1.82) is 0 Å². The molecule has 8 heteroatoms.